The Hall–Kier alpha value is -2.03. The molecule has 0 saturated carbocycles. The van der Waals surface area contributed by atoms with Gasteiger partial charge in [-0.15, -0.1) is 0 Å². The van der Waals surface area contributed by atoms with Gasteiger partial charge in [0.2, 0.25) is 0 Å². The van der Waals surface area contributed by atoms with Crippen LogP contribution in [0.25, 0.3) is 0 Å². The highest BCUT2D eigenvalue weighted by atomic mass is 35.5. The summed E-state index contributed by atoms with van der Waals surface area (Å²) in [7, 11) is 0. The van der Waals surface area contributed by atoms with Gasteiger partial charge in [0, 0.05) is 38.9 Å². The average Bonchev–Trinajstić information content (AvgIpc) is 2.66. The fraction of sp³-hybridized carbons (Fsp3) is 0.476. The first-order valence-corrected chi connectivity index (χ1v) is 10.1. The molecule has 30 heavy (non-hydrogen) atoms. The first kappa shape index (κ1) is 22.7. The van der Waals surface area contributed by atoms with Crippen LogP contribution in [0.2, 0.25) is 5.02 Å². The number of nitrogens with zero attached hydrogens (tertiary/aromatic N) is 3. The van der Waals surface area contributed by atoms with E-state index < -0.39 is 17.8 Å². The molecule has 0 spiro atoms. The van der Waals surface area contributed by atoms with Crippen LogP contribution in [0, 0.1) is 13.8 Å². The van der Waals surface area contributed by atoms with Crippen molar-refractivity contribution in [3.8, 4) is 5.75 Å². The number of hydrogen-bond acceptors (Lipinski definition) is 5. The molecular weight excluding hydrogens is 419 g/mol. The molecule has 2 aromatic rings. The van der Waals surface area contributed by atoms with Crippen LogP contribution in [0.1, 0.15) is 16.7 Å². The maximum Gasteiger partial charge on any atom is 0.417 e. The molecule has 9 heteroatoms. The third-order valence-electron chi connectivity index (χ3n) is 4.93. The minimum Gasteiger partial charge on any atom is -0.491 e. The van der Waals surface area contributed by atoms with Crippen LogP contribution in [0.4, 0.5) is 19.0 Å². The molecule has 1 saturated heterocycles. The minimum atomic E-state index is -4.47. The van der Waals surface area contributed by atoms with E-state index in [1.165, 1.54) is 0 Å². The highest BCUT2D eigenvalue weighted by Gasteiger charge is 2.32. The van der Waals surface area contributed by atoms with E-state index in [1.54, 1.807) is 0 Å². The lowest BCUT2D eigenvalue weighted by molar-refractivity contribution is -0.137. The van der Waals surface area contributed by atoms with Gasteiger partial charge in [0.05, 0.1) is 10.6 Å². The summed E-state index contributed by atoms with van der Waals surface area (Å²) in [6, 6.07) is 6.82. The van der Waals surface area contributed by atoms with Crippen LogP contribution in [0.15, 0.2) is 30.5 Å². The van der Waals surface area contributed by atoms with Gasteiger partial charge < -0.3 is 14.7 Å². The lowest BCUT2D eigenvalue weighted by atomic mass is 10.1. The van der Waals surface area contributed by atoms with Crippen molar-refractivity contribution in [2.45, 2.75) is 26.1 Å². The topological polar surface area (TPSA) is 48.8 Å². The molecule has 0 aliphatic carbocycles. The van der Waals surface area contributed by atoms with Gasteiger partial charge in [-0.1, -0.05) is 17.7 Å². The van der Waals surface area contributed by atoms with Gasteiger partial charge in [-0.05, 0) is 43.2 Å². The molecule has 2 heterocycles. The molecule has 0 bridgehead atoms. The second-order valence-electron chi connectivity index (χ2n) is 7.60. The van der Waals surface area contributed by atoms with Gasteiger partial charge in [-0.25, -0.2) is 4.98 Å². The lowest BCUT2D eigenvalue weighted by Gasteiger charge is -2.36. The van der Waals surface area contributed by atoms with Crippen molar-refractivity contribution < 1.29 is 23.0 Å². The Morgan fingerprint density at radius 3 is 2.30 bits per heavy atom. The second kappa shape index (κ2) is 9.41. The summed E-state index contributed by atoms with van der Waals surface area (Å²) >= 11 is 6.04. The van der Waals surface area contributed by atoms with Gasteiger partial charge >= 0.3 is 6.18 Å². The molecule has 1 aliphatic heterocycles. The monoisotopic (exact) mass is 443 g/mol. The van der Waals surface area contributed by atoms with Crippen molar-refractivity contribution in [1.29, 1.82) is 0 Å². The number of anilines is 1. The maximum atomic E-state index is 12.8. The molecule has 0 radical (unpaired) electrons. The third kappa shape index (κ3) is 6.00. The number of hydrogen-bond donors (Lipinski definition) is 1. The van der Waals surface area contributed by atoms with E-state index in [2.05, 4.69) is 16.0 Å². The highest BCUT2D eigenvalue weighted by molar-refractivity contribution is 6.33. The smallest absolute Gasteiger partial charge is 0.417 e. The molecule has 1 aliphatic rings. The molecule has 5 nitrogen and oxygen atoms in total. The van der Waals surface area contributed by atoms with Crippen LogP contribution in [-0.4, -0.2) is 60.4 Å². The van der Waals surface area contributed by atoms with E-state index in [9.17, 15) is 18.3 Å². The molecule has 1 aromatic carbocycles. The van der Waals surface area contributed by atoms with Gasteiger partial charge in [0.1, 0.15) is 24.3 Å². The summed E-state index contributed by atoms with van der Waals surface area (Å²) in [5, 5.41) is 10.3. The van der Waals surface area contributed by atoms with Crippen molar-refractivity contribution in [2.75, 3.05) is 44.2 Å². The Morgan fingerprint density at radius 2 is 1.73 bits per heavy atom. The number of aliphatic hydroxyl groups excluding tert-OH is 1. The average molecular weight is 444 g/mol. The van der Waals surface area contributed by atoms with Crippen LogP contribution in [0.5, 0.6) is 5.75 Å². The number of benzene rings is 1. The molecule has 3 rings (SSSR count). The number of aryl methyl sites for hydroxylation is 2. The number of alkyl halides is 3. The Balaban J connectivity index is 1.48. The number of halogens is 4. The zero-order valence-electron chi connectivity index (χ0n) is 16.9. The molecule has 164 valence electrons. The predicted molar refractivity (Wildman–Crippen MR) is 110 cm³/mol. The fourth-order valence-electron chi connectivity index (χ4n) is 3.52. The lowest BCUT2D eigenvalue weighted by Crippen LogP contribution is -2.49. The number of aliphatic hydroxyl groups is 1. The summed E-state index contributed by atoms with van der Waals surface area (Å²) in [6.07, 6.45) is -4.31. The number of pyridine rings is 1. The maximum absolute atomic E-state index is 12.8. The van der Waals surface area contributed by atoms with Gasteiger partial charge in [-0.2, -0.15) is 13.2 Å². The molecule has 0 amide bonds. The standard InChI is InChI=1S/C21H25ClF3N3O2/c1-14-7-15(2)9-18(8-14)30-13-17(29)12-27-3-5-28(6-4-27)20-19(22)10-16(11-26-20)21(23,24)25/h7-11,17,29H,3-6,12-13H2,1-2H3. The fourth-order valence-corrected chi connectivity index (χ4v) is 3.81. The summed E-state index contributed by atoms with van der Waals surface area (Å²) in [5.41, 5.74) is 1.35. The zero-order chi connectivity index (χ0) is 21.9. The molecule has 1 aromatic heterocycles. The minimum absolute atomic E-state index is 0.0137. The normalized spacial score (nSPS) is 16.6. The van der Waals surface area contributed by atoms with Crippen LogP contribution in [-0.2, 0) is 6.18 Å². The SMILES string of the molecule is Cc1cc(C)cc(OCC(O)CN2CCN(c3ncc(C(F)(F)F)cc3Cl)CC2)c1. The Kier molecular flexibility index (Phi) is 7.10. The highest BCUT2D eigenvalue weighted by Crippen LogP contribution is 2.33. The molecule has 1 N–H and O–H groups in total. The predicted octanol–water partition coefficient (Wildman–Crippen LogP) is 3.93. The number of aromatic nitrogens is 1. The quantitative estimate of drug-likeness (QED) is 0.733. The Labute approximate surface area is 179 Å². The number of piperazine rings is 1. The van der Waals surface area contributed by atoms with E-state index in [-0.39, 0.29) is 11.6 Å². The first-order valence-electron chi connectivity index (χ1n) is 9.71. The summed E-state index contributed by atoms with van der Waals surface area (Å²) in [4.78, 5) is 7.86. The molecule has 1 atom stereocenters. The number of β-amino-alcohol motifs (C(OH)–C–C–N with tert-alkyl or cyclic N) is 1. The van der Waals surface area contributed by atoms with E-state index >= 15 is 0 Å². The second-order valence-corrected chi connectivity index (χ2v) is 8.01. The number of ether oxygens (including phenoxy) is 1. The van der Waals surface area contributed by atoms with Crippen LogP contribution >= 0.6 is 11.6 Å². The molecular formula is C21H25ClF3N3O2. The summed E-state index contributed by atoms with van der Waals surface area (Å²) in [5.74, 6) is 1.09. The van der Waals surface area contributed by atoms with Crippen molar-refractivity contribution in [1.82, 2.24) is 9.88 Å². The molecule has 1 fully saturated rings. The van der Waals surface area contributed by atoms with Gasteiger partial charge in [0.25, 0.3) is 0 Å². The zero-order valence-corrected chi connectivity index (χ0v) is 17.7. The third-order valence-corrected chi connectivity index (χ3v) is 5.21. The Morgan fingerprint density at radius 1 is 1.10 bits per heavy atom. The van der Waals surface area contributed by atoms with Crippen molar-refractivity contribution in [2.24, 2.45) is 0 Å². The van der Waals surface area contributed by atoms with Crippen molar-refractivity contribution in [3.63, 3.8) is 0 Å². The van der Waals surface area contributed by atoms with Crippen LogP contribution in [0.3, 0.4) is 0 Å². The summed E-state index contributed by atoms with van der Waals surface area (Å²) < 4.78 is 44.0. The van der Waals surface area contributed by atoms with Crippen LogP contribution < -0.4 is 9.64 Å². The molecule has 1 unspecified atom stereocenters. The number of rotatable bonds is 6. The van der Waals surface area contributed by atoms with Gasteiger partial charge in [-0.3, -0.25) is 4.90 Å². The Bertz CT molecular complexity index is 851. The van der Waals surface area contributed by atoms with E-state index in [0.29, 0.717) is 38.5 Å². The van der Waals surface area contributed by atoms with Crippen molar-refractivity contribution in [3.05, 3.63) is 52.2 Å². The van der Waals surface area contributed by atoms with E-state index in [0.717, 1.165) is 29.1 Å². The van der Waals surface area contributed by atoms with E-state index in [1.807, 2.05) is 30.9 Å². The van der Waals surface area contributed by atoms with Crippen molar-refractivity contribution >= 4 is 17.4 Å². The first-order chi connectivity index (χ1) is 14.1. The summed E-state index contributed by atoms with van der Waals surface area (Å²) in [6.45, 7) is 7.02. The van der Waals surface area contributed by atoms with E-state index in [4.69, 9.17) is 16.3 Å². The van der Waals surface area contributed by atoms with Gasteiger partial charge in [0.15, 0.2) is 0 Å². The largest absolute Gasteiger partial charge is 0.491 e.